The monoisotopic (exact) mass is 338 g/mol. The maximum absolute atomic E-state index is 11.5. The Morgan fingerprint density at radius 1 is 1.29 bits per heavy atom. The fourth-order valence-corrected chi connectivity index (χ4v) is 2.65. The van der Waals surface area contributed by atoms with Crippen molar-refractivity contribution in [2.45, 2.75) is 38.4 Å². The summed E-state index contributed by atoms with van der Waals surface area (Å²) in [6.45, 7) is 3.84. The van der Waals surface area contributed by atoms with Crippen molar-refractivity contribution in [3.8, 4) is 11.5 Å². The van der Waals surface area contributed by atoms with Crippen molar-refractivity contribution in [1.82, 2.24) is 5.32 Å². The van der Waals surface area contributed by atoms with Gasteiger partial charge in [-0.1, -0.05) is 19.9 Å². The number of fused-ring (bicyclic) bond motifs is 1. The van der Waals surface area contributed by atoms with Crippen LogP contribution in [0, 0.1) is 5.92 Å². The molecule has 0 spiro atoms. The minimum absolute atomic E-state index is 0.0772. The van der Waals surface area contributed by atoms with Gasteiger partial charge in [-0.15, -0.1) is 0 Å². The highest BCUT2D eigenvalue weighted by Gasteiger charge is 2.36. The molecule has 0 radical (unpaired) electrons. The van der Waals surface area contributed by atoms with Crippen LogP contribution in [-0.2, 0) is 15.3 Å². The number of carbonyl (C=O) groups is 2. The third-order valence-electron chi connectivity index (χ3n) is 3.75. The number of nitrogens with two attached hydrogens (primary N) is 1. The predicted octanol–water partition coefficient (Wildman–Crippen LogP) is 1.09. The first kappa shape index (κ1) is 18.0. The molecule has 2 atom stereocenters. The fourth-order valence-electron chi connectivity index (χ4n) is 2.65. The molecule has 24 heavy (non-hydrogen) atoms. The van der Waals surface area contributed by atoms with Crippen LogP contribution in [0.5, 0.6) is 11.5 Å². The number of ether oxygens (including phenoxy) is 2. The van der Waals surface area contributed by atoms with Gasteiger partial charge in [0.25, 0.3) is 0 Å². The van der Waals surface area contributed by atoms with E-state index in [2.05, 4.69) is 5.32 Å². The highest BCUT2D eigenvalue weighted by molar-refractivity contribution is 5.74. The molecule has 1 aliphatic heterocycles. The summed E-state index contributed by atoms with van der Waals surface area (Å²) in [4.78, 5) is 22.8. The molecular formula is C16H22N2O6. The molecule has 2 rings (SSSR count). The van der Waals surface area contributed by atoms with E-state index >= 15 is 0 Å². The Bertz CT molecular complexity index is 633. The van der Waals surface area contributed by atoms with Crippen LogP contribution in [0.15, 0.2) is 18.2 Å². The second-order valence-corrected chi connectivity index (χ2v) is 6.27. The van der Waals surface area contributed by atoms with Gasteiger partial charge in [-0.25, -0.2) is 0 Å². The highest BCUT2D eigenvalue weighted by Crippen LogP contribution is 2.35. The van der Waals surface area contributed by atoms with E-state index in [0.717, 1.165) is 0 Å². The van der Waals surface area contributed by atoms with Crippen molar-refractivity contribution < 1.29 is 29.3 Å². The number of nitrogens with one attached hydrogen (secondary N) is 1. The number of hydrogen-bond donors (Lipinski definition) is 4. The summed E-state index contributed by atoms with van der Waals surface area (Å²) in [6, 6.07) is 3.84. The number of rotatable bonds is 8. The quantitative estimate of drug-likeness (QED) is 0.518. The summed E-state index contributed by atoms with van der Waals surface area (Å²) in [5, 5.41) is 21.4. The molecule has 0 saturated carbocycles. The minimum atomic E-state index is -1.55. The Morgan fingerprint density at radius 3 is 2.54 bits per heavy atom. The van der Waals surface area contributed by atoms with Crippen molar-refractivity contribution in [3.63, 3.8) is 0 Å². The number of benzene rings is 1. The van der Waals surface area contributed by atoms with Gasteiger partial charge >= 0.3 is 11.9 Å². The zero-order valence-corrected chi connectivity index (χ0v) is 13.6. The molecule has 8 nitrogen and oxygen atoms in total. The van der Waals surface area contributed by atoms with Crippen LogP contribution >= 0.6 is 0 Å². The van der Waals surface area contributed by atoms with Crippen LogP contribution < -0.4 is 20.5 Å². The maximum atomic E-state index is 11.5. The zero-order chi connectivity index (χ0) is 17.9. The standard InChI is InChI=1S/C16H22N2O6/c1-9(2)5-11(15(21)22)18-16(17,7-14(19)20)10-3-4-12-13(6-10)24-8-23-12/h3-4,6,9,11,18H,5,7-8,17H2,1-2H3,(H,19,20)(H,21,22)/t11-,16?/m0/s1. The first-order chi connectivity index (χ1) is 11.2. The van der Waals surface area contributed by atoms with Crippen molar-refractivity contribution in [2.75, 3.05) is 6.79 Å². The second kappa shape index (κ2) is 7.06. The van der Waals surface area contributed by atoms with E-state index in [-0.39, 0.29) is 12.7 Å². The molecule has 8 heteroatoms. The average molecular weight is 338 g/mol. The van der Waals surface area contributed by atoms with Crippen LogP contribution in [0.1, 0.15) is 32.3 Å². The normalized spacial score (nSPS) is 16.7. The van der Waals surface area contributed by atoms with Gasteiger partial charge in [0.05, 0.1) is 6.42 Å². The van der Waals surface area contributed by atoms with Gasteiger partial charge in [-0.2, -0.15) is 0 Å². The fraction of sp³-hybridized carbons (Fsp3) is 0.500. The summed E-state index contributed by atoms with van der Waals surface area (Å²) >= 11 is 0. The average Bonchev–Trinajstić information content (AvgIpc) is 2.92. The molecule has 5 N–H and O–H groups in total. The van der Waals surface area contributed by atoms with Gasteiger partial charge in [0.2, 0.25) is 6.79 Å². The second-order valence-electron chi connectivity index (χ2n) is 6.27. The largest absolute Gasteiger partial charge is 0.481 e. The Hall–Kier alpha value is -2.32. The van der Waals surface area contributed by atoms with Crippen molar-refractivity contribution >= 4 is 11.9 Å². The lowest BCUT2D eigenvalue weighted by atomic mass is 9.93. The van der Waals surface area contributed by atoms with E-state index in [4.69, 9.17) is 15.2 Å². The van der Waals surface area contributed by atoms with Crippen LogP contribution in [-0.4, -0.2) is 35.0 Å². The molecule has 0 saturated heterocycles. The lowest BCUT2D eigenvalue weighted by Gasteiger charge is -2.33. The summed E-state index contributed by atoms with van der Waals surface area (Å²) < 4.78 is 10.5. The summed E-state index contributed by atoms with van der Waals surface area (Å²) in [5.41, 5.74) is 5.15. The molecule has 1 aromatic carbocycles. The molecule has 1 aromatic rings. The molecule has 132 valence electrons. The number of carboxylic acids is 2. The van der Waals surface area contributed by atoms with E-state index < -0.39 is 30.1 Å². The zero-order valence-electron chi connectivity index (χ0n) is 13.6. The van der Waals surface area contributed by atoms with Crippen LogP contribution in [0.25, 0.3) is 0 Å². The molecule has 1 aliphatic rings. The van der Waals surface area contributed by atoms with Gasteiger partial charge in [-0.3, -0.25) is 14.9 Å². The van der Waals surface area contributed by atoms with E-state index in [1.54, 1.807) is 18.2 Å². The van der Waals surface area contributed by atoms with Gasteiger partial charge < -0.3 is 25.4 Å². The molecule has 0 aliphatic carbocycles. The van der Waals surface area contributed by atoms with Crippen molar-refractivity contribution in [2.24, 2.45) is 11.7 Å². The van der Waals surface area contributed by atoms with Crippen molar-refractivity contribution in [1.29, 1.82) is 0 Å². The summed E-state index contributed by atoms with van der Waals surface area (Å²) in [7, 11) is 0. The Balaban J connectivity index is 2.34. The smallest absolute Gasteiger partial charge is 0.320 e. The number of carboxylic acid groups (broad SMARTS) is 2. The lowest BCUT2D eigenvalue weighted by Crippen LogP contribution is -2.58. The van der Waals surface area contributed by atoms with Gasteiger partial charge in [-0.05, 0) is 30.0 Å². The van der Waals surface area contributed by atoms with Gasteiger partial charge in [0, 0.05) is 0 Å². The minimum Gasteiger partial charge on any atom is -0.481 e. The van der Waals surface area contributed by atoms with Crippen LogP contribution in [0.2, 0.25) is 0 Å². The molecule has 1 unspecified atom stereocenters. The van der Waals surface area contributed by atoms with E-state index in [1.165, 1.54) is 0 Å². The number of hydrogen-bond acceptors (Lipinski definition) is 6. The van der Waals surface area contributed by atoms with E-state index in [1.807, 2.05) is 13.8 Å². The summed E-state index contributed by atoms with van der Waals surface area (Å²) in [6.07, 6.45) is -0.160. The third kappa shape index (κ3) is 4.15. The van der Waals surface area contributed by atoms with Gasteiger partial charge in [0.1, 0.15) is 11.7 Å². The third-order valence-corrected chi connectivity index (χ3v) is 3.75. The maximum Gasteiger partial charge on any atom is 0.320 e. The highest BCUT2D eigenvalue weighted by atomic mass is 16.7. The van der Waals surface area contributed by atoms with Crippen LogP contribution in [0.3, 0.4) is 0 Å². The summed E-state index contributed by atoms with van der Waals surface area (Å²) in [5.74, 6) is -1.14. The Kier molecular flexibility index (Phi) is 5.30. The van der Waals surface area contributed by atoms with Gasteiger partial charge in [0.15, 0.2) is 11.5 Å². The molecule has 0 fully saturated rings. The van der Waals surface area contributed by atoms with E-state index in [9.17, 15) is 19.8 Å². The SMILES string of the molecule is CC(C)C[C@H](NC(N)(CC(=O)O)c1ccc2c(c1)OCO2)C(=O)O. The number of aliphatic carboxylic acids is 2. The van der Waals surface area contributed by atoms with E-state index in [0.29, 0.717) is 23.5 Å². The molecule has 0 bridgehead atoms. The Morgan fingerprint density at radius 2 is 1.96 bits per heavy atom. The Labute approximate surface area is 139 Å². The molecule has 0 aromatic heterocycles. The first-order valence-electron chi connectivity index (χ1n) is 7.62. The van der Waals surface area contributed by atoms with Crippen molar-refractivity contribution in [3.05, 3.63) is 23.8 Å². The molecular weight excluding hydrogens is 316 g/mol. The van der Waals surface area contributed by atoms with Crippen LogP contribution in [0.4, 0.5) is 0 Å². The topological polar surface area (TPSA) is 131 Å². The first-order valence-corrected chi connectivity index (χ1v) is 7.62. The molecule has 0 amide bonds. The predicted molar refractivity (Wildman–Crippen MR) is 84.7 cm³/mol. The molecule has 1 heterocycles. The lowest BCUT2D eigenvalue weighted by molar-refractivity contribution is -0.143.